The molecule has 3 rings (SSSR count). The number of likely N-dealkylation sites (tertiary alicyclic amines) is 1. The van der Waals surface area contributed by atoms with Gasteiger partial charge in [-0.2, -0.15) is 0 Å². The monoisotopic (exact) mass is 288 g/mol. The highest BCUT2D eigenvalue weighted by molar-refractivity contribution is 6.13. The summed E-state index contributed by atoms with van der Waals surface area (Å²) in [5.74, 6) is -0.862. The van der Waals surface area contributed by atoms with Gasteiger partial charge in [-0.3, -0.25) is 24.2 Å². The topological polar surface area (TPSA) is 66.7 Å². The first-order valence-corrected chi connectivity index (χ1v) is 6.79. The second kappa shape index (κ2) is 4.96. The van der Waals surface area contributed by atoms with Gasteiger partial charge >= 0.3 is 5.97 Å². The van der Waals surface area contributed by atoms with Crippen LogP contribution in [0.1, 0.15) is 18.5 Å². The Morgan fingerprint density at radius 3 is 2.29 bits per heavy atom. The highest BCUT2D eigenvalue weighted by Gasteiger charge is 2.65. The largest absolute Gasteiger partial charge is 0.463 e. The van der Waals surface area contributed by atoms with Gasteiger partial charge in [-0.05, 0) is 12.6 Å². The molecule has 0 aliphatic carbocycles. The van der Waals surface area contributed by atoms with E-state index >= 15 is 0 Å². The average molecular weight is 288 g/mol. The Labute approximate surface area is 122 Å². The van der Waals surface area contributed by atoms with E-state index < -0.39 is 12.0 Å². The van der Waals surface area contributed by atoms with Crippen LogP contribution in [0, 0.1) is 0 Å². The Bertz CT molecular complexity index is 579. The molecule has 4 atom stereocenters. The third-order valence-corrected chi connectivity index (χ3v) is 4.01. The maximum atomic E-state index is 12.4. The number of imide groups is 1. The molecule has 0 radical (unpaired) electrons. The molecule has 1 aromatic carbocycles. The van der Waals surface area contributed by atoms with Gasteiger partial charge in [-0.1, -0.05) is 30.3 Å². The van der Waals surface area contributed by atoms with Crippen molar-refractivity contribution in [3.8, 4) is 0 Å². The quantitative estimate of drug-likeness (QED) is 0.454. The van der Waals surface area contributed by atoms with Crippen molar-refractivity contribution in [1.82, 2.24) is 9.80 Å². The van der Waals surface area contributed by atoms with E-state index in [2.05, 4.69) is 0 Å². The van der Waals surface area contributed by atoms with E-state index in [1.807, 2.05) is 30.3 Å². The van der Waals surface area contributed by atoms with Gasteiger partial charge in [-0.15, -0.1) is 0 Å². The van der Waals surface area contributed by atoms with E-state index in [0.717, 1.165) is 5.56 Å². The van der Waals surface area contributed by atoms with Gasteiger partial charge in [0.2, 0.25) is 11.8 Å². The Morgan fingerprint density at radius 2 is 1.76 bits per heavy atom. The summed E-state index contributed by atoms with van der Waals surface area (Å²) in [6, 6.07) is 7.90. The molecule has 0 aromatic heterocycles. The average Bonchev–Trinajstić information content (AvgIpc) is 3.06. The van der Waals surface area contributed by atoms with E-state index in [1.165, 1.54) is 11.8 Å². The summed E-state index contributed by atoms with van der Waals surface area (Å²) in [6.07, 6.45) is 0. The van der Waals surface area contributed by atoms with Crippen LogP contribution in [0.15, 0.2) is 30.3 Å². The molecular formula is C15H16N2O4. The second-order valence-electron chi connectivity index (χ2n) is 5.33. The van der Waals surface area contributed by atoms with Crippen LogP contribution >= 0.6 is 0 Å². The maximum absolute atomic E-state index is 12.4. The fourth-order valence-electron chi connectivity index (χ4n) is 2.85. The number of nitrogens with zero attached hydrogens (tertiary/aromatic N) is 2. The van der Waals surface area contributed by atoms with Crippen molar-refractivity contribution in [2.75, 3.05) is 13.7 Å². The molecule has 6 nitrogen and oxygen atoms in total. The maximum Gasteiger partial charge on any atom is 0.302 e. The van der Waals surface area contributed by atoms with Crippen LogP contribution in [0.2, 0.25) is 0 Å². The highest BCUT2D eigenvalue weighted by atomic mass is 16.5. The molecule has 2 fully saturated rings. The fraction of sp³-hybridized carbons (Fsp3) is 0.400. The lowest BCUT2D eigenvalue weighted by Crippen LogP contribution is -2.42. The molecule has 2 amide bonds. The van der Waals surface area contributed by atoms with Crippen LogP contribution in [0.5, 0.6) is 0 Å². The number of amides is 2. The van der Waals surface area contributed by atoms with Crippen LogP contribution in [0.3, 0.4) is 0 Å². The molecule has 2 heterocycles. The standard InChI is InChI=1S/C15H16N2O4/c1-9(18)21-8-11(10-6-4-3-5-7-10)17-14(19)12-13(15(17)20)16(12)2/h3-7,11-13H,8H2,1-2H3/t11-,12-,13+,16?/m1/s1. The van der Waals surface area contributed by atoms with E-state index in [-0.39, 0.29) is 30.5 Å². The molecular weight excluding hydrogens is 272 g/mol. The Hall–Kier alpha value is -2.21. The molecule has 6 heteroatoms. The van der Waals surface area contributed by atoms with Crippen LogP contribution < -0.4 is 0 Å². The molecule has 2 aliphatic rings. The second-order valence-corrected chi connectivity index (χ2v) is 5.33. The van der Waals surface area contributed by atoms with Gasteiger partial charge in [0.05, 0.1) is 6.04 Å². The van der Waals surface area contributed by atoms with Gasteiger partial charge < -0.3 is 4.74 Å². The van der Waals surface area contributed by atoms with Gasteiger partial charge in [0.15, 0.2) is 0 Å². The highest BCUT2D eigenvalue weighted by Crippen LogP contribution is 2.40. The lowest BCUT2D eigenvalue weighted by atomic mass is 10.1. The van der Waals surface area contributed by atoms with Crippen molar-refractivity contribution in [3.63, 3.8) is 0 Å². The third-order valence-electron chi connectivity index (χ3n) is 4.01. The first kappa shape index (κ1) is 13.8. The fourth-order valence-corrected chi connectivity index (χ4v) is 2.85. The first-order valence-electron chi connectivity index (χ1n) is 6.79. The van der Waals surface area contributed by atoms with Crippen LogP contribution in [0.25, 0.3) is 0 Å². The number of carbonyl (C=O) groups is 3. The number of carbonyl (C=O) groups excluding carboxylic acids is 3. The number of ether oxygens (including phenoxy) is 1. The number of piperazine rings is 1. The van der Waals surface area contributed by atoms with Crippen molar-refractivity contribution >= 4 is 17.8 Å². The zero-order chi connectivity index (χ0) is 15.1. The molecule has 1 aromatic rings. The zero-order valence-corrected chi connectivity index (χ0v) is 11.9. The van der Waals surface area contributed by atoms with Gasteiger partial charge in [0.1, 0.15) is 18.7 Å². The predicted molar refractivity (Wildman–Crippen MR) is 73.0 cm³/mol. The summed E-state index contributed by atoms with van der Waals surface area (Å²) in [5.41, 5.74) is 0.782. The molecule has 0 bridgehead atoms. The van der Waals surface area contributed by atoms with Gasteiger partial charge in [0.25, 0.3) is 0 Å². The van der Waals surface area contributed by atoms with Crippen molar-refractivity contribution in [3.05, 3.63) is 35.9 Å². The number of rotatable bonds is 4. The van der Waals surface area contributed by atoms with E-state index in [0.29, 0.717) is 0 Å². The van der Waals surface area contributed by atoms with Crippen molar-refractivity contribution in [2.45, 2.75) is 25.0 Å². The SMILES string of the molecule is CC(=O)OC[C@H](c1ccccc1)N1C(=O)[C@@H]2[C@H](C1=O)N2C. The number of likely N-dealkylation sites (N-methyl/N-ethyl adjacent to an activating group) is 1. The Kier molecular flexibility index (Phi) is 3.25. The normalized spacial score (nSPS) is 28.3. The summed E-state index contributed by atoms with van der Waals surface area (Å²) < 4.78 is 5.05. The molecule has 1 unspecified atom stereocenters. The van der Waals surface area contributed by atoms with Gasteiger partial charge in [-0.25, -0.2) is 0 Å². The van der Waals surface area contributed by atoms with Crippen LogP contribution in [0.4, 0.5) is 0 Å². The molecule has 2 aliphatic heterocycles. The molecule has 0 N–H and O–H groups in total. The minimum absolute atomic E-state index is 0.0139. The number of benzene rings is 1. The molecule has 21 heavy (non-hydrogen) atoms. The number of fused-ring (bicyclic) bond motifs is 1. The van der Waals surface area contributed by atoms with E-state index in [1.54, 1.807) is 11.9 Å². The number of esters is 1. The summed E-state index contributed by atoms with van der Waals surface area (Å²) in [7, 11) is 1.76. The number of hydrogen-bond acceptors (Lipinski definition) is 5. The van der Waals surface area contributed by atoms with Crippen molar-refractivity contribution in [1.29, 1.82) is 0 Å². The molecule has 2 saturated heterocycles. The lowest BCUT2D eigenvalue weighted by Gasteiger charge is -2.28. The Balaban J connectivity index is 1.87. The minimum Gasteiger partial charge on any atom is -0.463 e. The smallest absolute Gasteiger partial charge is 0.302 e. The van der Waals surface area contributed by atoms with Crippen LogP contribution in [-0.2, 0) is 19.1 Å². The lowest BCUT2D eigenvalue weighted by molar-refractivity contribution is -0.152. The van der Waals surface area contributed by atoms with Gasteiger partial charge in [0, 0.05) is 6.92 Å². The van der Waals surface area contributed by atoms with E-state index in [4.69, 9.17) is 4.74 Å². The minimum atomic E-state index is -0.559. The zero-order valence-electron chi connectivity index (χ0n) is 11.9. The molecule has 0 saturated carbocycles. The summed E-state index contributed by atoms with van der Waals surface area (Å²) >= 11 is 0. The van der Waals surface area contributed by atoms with Crippen molar-refractivity contribution < 1.29 is 19.1 Å². The Morgan fingerprint density at radius 1 is 1.19 bits per heavy atom. The first-order chi connectivity index (χ1) is 10.0. The van der Waals surface area contributed by atoms with Crippen molar-refractivity contribution in [2.24, 2.45) is 0 Å². The molecule has 110 valence electrons. The summed E-state index contributed by atoms with van der Waals surface area (Å²) in [4.78, 5) is 38.8. The predicted octanol–water partition coefficient (Wildman–Crippen LogP) is 0.342. The summed E-state index contributed by atoms with van der Waals surface area (Å²) in [6.45, 7) is 1.29. The number of hydrogen-bond donors (Lipinski definition) is 0. The third kappa shape index (κ3) is 2.21. The van der Waals surface area contributed by atoms with Crippen LogP contribution in [-0.4, -0.2) is 53.3 Å². The summed E-state index contributed by atoms with van der Waals surface area (Å²) in [5, 5.41) is 0. The van der Waals surface area contributed by atoms with E-state index in [9.17, 15) is 14.4 Å². The molecule has 0 spiro atoms.